The summed E-state index contributed by atoms with van der Waals surface area (Å²) in [5.74, 6) is 0. The lowest BCUT2D eigenvalue weighted by molar-refractivity contribution is -0.382. The molecule has 0 saturated heterocycles. The van der Waals surface area contributed by atoms with Gasteiger partial charge in [0.2, 0.25) is 0 Å². The number of nitrogens with zero attached hydrogens (tertiary/aromatic N) is 3. The van der Waals surface area contributed by atoms with Crippen LogP contribution in [0.1, 0.15) is 5.69 Å². The van der Waals surface area contributed by atoms with Crippen LogP contribution < -0.4 is 0 Å². The average molecular weight is 418 g/mol. The van der Waals surface area contributed by atoms with Gasteiger partial charge in [-0.15, -0.1) is 0 Å². The molecule has 0 atom stereocenters. The second kappa shape index (κ2) is 6.89. The third-order valence-electron chi connectivity index (χ3n) is 4.45. The fourth-order valence-electron chi connectivity index (χ4n) is 3.18. The minimum absolute atomic E-state index is 0.152. The van der Waals surface area contributed by atoms with Crippen molar-refractivity contribution in [1.82, 2.24) is 9.78 Å². The van der Waals surface area contributed by atoms with Crippen molar-refractivity contribution in [2.45, 2.75) is 6.18 Å². The van der Waals surface area contributed by atoms with Crippen LogP contribution in [0, 0.1) is 10.1 Å². The van der Waals surface area contributed by atoms with Crippen molar-refractivity contribution in [3.05, 3.63) is 87.7 Å². The van der Waals surface area contributed by atoms with Gasteiger partial charge in [0.25, 0.3) is 5.69 Å². The largest absolute Gasteiger partial charge is 0.435 e. The molecule has 29 heavy (non-hydrogen) atoms. The van der Waals surface area contributed by atoms with Crippen LogP contribution >= 0.6 is 11.6 Å². The summed E-state index contributed by atoms with van der Waals surface area (Å²) < 4.78 is 42.2. The number of benzene rings is 3. The number of hydrogen-bond acceptors (Lipinski definition) is 3. The van der Waals surface area contributed by atoms with Crippen LogP contribution in [0.3, 0.4) is 0 Å². The maximum absolute atomic E-state index is 13.7. The van der Waals surface area contributed by atoms with Gasteiger partial charge in [0, 0.05) is 16.8 Å². The predicted molar refractivity (Wildman–Crippen MR) is 103 cm³/mol. The van der Waals surface area contributed by atoms with Crippen molar-refractivity contribution in [1.29, 1.82) is 0 Å². The van der Waals surface area contributed by atoms with Crippen molar-refractivity contribution in [3.8, 4) is 16.8 Å². The van der Waals surface area contributed by atoms with Crippen molar-refractivity contribution < 1.29 is 18.1 Å². The van der Waals surface area contributed by atoms with Gasteiger partial charge in [0.15, 0.2) is 5.69 Å². The highest BCUT2D eigenvalue weighted by atomic mass is 35.5. The molecule has 9 heteroatoms. The number of fused-ring (bicyclic) bond motifs is 1. The molecule has 146 valence electrons. The zero-order valence-corrected chi connectivity index (χ0v) is 15.3. The lowest BCUT2D eigenvalue weighted by Gasteiger charge is -2.08. The highest BCUT2D eigenvalue weighted by molar-refractivity contribution is 6.30. The zero-order chi connectivity index (χ0) is 20.8. The Labute approximate surface area is 167 Å². The quantitative estimate of drug-likeness (QED) is 0.291. The van der Waals surface area contributed by atoms with Crippen molar-refractivity contribution >= 4 is 28.1 Å². The Morgan fingerprint density at radius 2 is 1.66 bits per heavy atom. The molecule has 1 heterocycles. The minimum atomic E-state index is -4.80. The van der Waals surface area contributed by atoms with E-state index in [1.807, 2.05) is 0 Å². The van der Waals surface area contributed by atoms with E-state index in [9.17, 15) is 23.3 Å². The number of nitro groups is 1. The number of alkyl halides is 3. The number of rotatable bonds is 3. The molecule has 1 aromatic heterocycles. The first-order valence-corrected chi connectivity index (χ1v) is 8.73. The summed E-state index contributed by atoms with van der Waals surface area (Å²) in [6.45, 7) is 0. The smallest absolute Gasteiger partial charge is 0.258 e. The monoisotopic (exact) mass is 417 g/mol. The fourth-order valence-corrected chi connectivity index (χ4v) is 3.30. The van der Waals surface area contributed by atoms with Gasteiger partial charge in [0.1, 0.15) is 0 Å². The SMILES string of the molecule is O=[N+]([O-])c1c(-c2cn(-c3ccc(Cl)cc3)nc2C(F)(F)F)ccc2ccccc12. The molecule has 0 bridgehead atoms. The molecule has 0 spiro atoms. The van der Waals surface area contributed by atoms with Crippen LogP contribution in [0.25, 0.3) is 27.6 Å². The van der Waals surface area contributed by atoms with Gasteiger partial charge >= 0.3 is 6.18 Å². The Balaban J connectivity index is 2.01. The van der Waals surface area contributed by atoms with Crippen molar-refractivity contribution in [2.24, 2.45) is 0 Å². The molecule has 5 nitrogen and oxygen atoms in total. The second-order valence-corrected chi connectivity index (χ2v) is 6.69. The highest BCUT2D eigenvalue weighted by Gasteiger charge is 2.39. The van der Waals surface area contributed by atoms with Crippen LogP contribution in [-0.2, 0) is 6.18 Å². The van der Waals surface area contributed by atoms with Crippen LogP contribution in [0.2, 0.25) is 5.02 Å². The van der Waals surface area contributed by atoms with Crippen molar-refractivity contribution in [3.63, 3.8) is 0 Å². The van der Waals surface area contributed by atoms with Gasteiger partial charge in [-0.05, 0) is 41.8 Å². The molecule has 0 saturated carbocycles. The number of nitro benzene ring substituents is 1. The summed E-state index contributed by atoms with van der Waals surface area (Å²) in [6.07, 6.45) is -3.66. The average Bonchev–Trinajstić information content (AvgIpc) is 3.13. The lowest BCUT2D eigenvalue weighted by Crippen LogP contribution is -2.09. The lowest BCUT2D eigenvalue weighted by atomic mass is 9.98. The van der Waals surface area contributed by atoms with Gasteiger partial charge in [0.05, 0.1) is 21.6 Å². The molecule has 4 aromatic rings. The second-order valence-electron chi connectivity index (χ2n) is 6.25. The van der Waals surface area contributed by atoms with E-state index in [1.165, 1.54) is 36.4 Å². The first-order chi connectivity index (χ1) is 13.8. The summed E-state index contributed by atoms with van der Waals surface area (Å²) in [5.41, 5.74) is -1.78. The molecule has 3 aromatic carbocycles. The Kier molecular flexibility index (Phi) is 4.50. The molecule has 0 aliphatic rings. The number of hydrogen-bond donors (Lipinski definition) is 0. The summed E-state index contributed by atoms with van der Waals surface area (Å²) in [4.78, 5) is 11.1. The highest BCUT2D eigenvalue weighted by Crippen LogP contribution is 2.42. The van der Waals surface area contributed by atoms with E-state index in [4.69, 9.17) is 11.6 Å². The third-order valence-corrected chi connectivity index (χ3v) is 4.70. The fraction of sp³-hybridized carbons (Fsp3) is 0.0500. The van der Waals surface area contributed by atoms with Gasteiger partial charge in [-0.2, -0.15) is 18.3 Å². The van der Waals surface area contributed by atoms with E-state index in [1.54, 1.807) is 24.3 Å². The first-order valence-electron chi connectivity index (χ1n) is 8.35. The van der Waals surface area contributed by atoms with Gasteiger partial charge in [-0.3, -0.25) is 10.1 Å². The standard InChI is InChI=1S/C20H11ClF3N3O2/c21-13-6-8-14(9-7-13)26-11-17(19(25-26)20(22,23)24)16-10-5-12-3-1-2-4-15(12)18(16)27(28)29/h1-11H. The summed E-state index contributed by atoms with van der Waals surface area (Å²) in [5, 5.41) is 16.7. The molecule has 0 N–H and O–H groups in total. The molecule has 0 aliphatic heterocycles. The molecule has 0 amide bonds. The van der Waals surface area contributed by atoms with E-state index in [-0.39, 0.29) is 16.5 Å². The van der Waals surface area contributed by atoms with E-state index < -0.39 is 22.5 Å². The van der Waals surface area contributed by atoms with Gasteiger partial charge in [-0.25, -0.2) is 4.68 Å². The number of halogens is 4. The molecule has 0 unspecified atom stereocenters. The molecule has 0 radical (unpaired) electrons. The zero-order valence-electron chi connectivity index (χ0n) is 14.5. The molecular formula is C20H11ClF3N3O2. The molecule has 4 rings (SSSR count). The maximum atomic E-state index is 13.7. The predicted octanol–water partition coefficient (Wildman–Crippen LogP) is 6.27. The van der Waals surface area contributed by atoms with Gasteiger partial charge < -0.3 is 0 Å². The Hall–Kier alpha value is -3.39. The summed E-state index contributed by atoms with van der Waals surface area (Å²) in [6, 6.07) is 15.4. The Bertz CT molecular complexity index is 1230. The maximum Gasteiger partial charge on any atom is 0.435 e. The summed E-state index contributed by atoms with van der Waals surface area (Å²) >= 11 is 5.83. The van der Waals surface area contributed by atoms with Crippen LogP contribution in [0.15, 0.2) is 66.9 Å². The molecular weight excluding hydrogens is 407 g/mol. The Morgan fingerprint density at radius 1 is 0.966 bits per heavy atom. The van der Waals surface area contributed by atoms with E-state index in [0.717, 1.165) is 10.9 Å². The number of aromatic nitrogens is 2. The van der Waals surface area contributed by atoms with Crippen LogP contribution in [-0.4, -0.2) is 14.7 Å². The van der Waals surface area contributed by atoms with E-state index >= 15 is 0 Å². The van der Waals surface area contributed by atoms with Crippen LogP contribution in [0.5, 0.6) is 0 Å². The molecule has 0 fully saturated rings. The Morgan fingerprint density at radius 3 is 2.31 bits per heavy atom. The topological polar surface area (TPSA) is 61.0 Å². The first kappa shape index (κ1) is 18.9. The van der Waals surface area contributed by atoms with Crippen LogP contribution in [0.4, 0.5) is 18.9 Å². The van der Waals surface area contributed by atoms with E-state index in [2.05, 4.69) is 5.10 Å². The van der Waals surface area contributed by atoms with E-state index in [0.29, 0.717) is 16.1 Å². The minimum Gasteiger partial charge on any atom is -0.258 e. The molecule has 0 aliphatic carbocycles. The normalized spacial score (nSPS) is 11.7. The summed E-state index contributed by atoms with van der Waals surface area (Å²) in [7, 11) is 0. The third kappa shape index (κ3) is 3.42. The van der Waals surface area contributed by atoms with Crippen molar-refractivity contribution in [2.75, 3.05) is 0 Å². The van der Waals surface area contributed by atoms with Gasteiger partial charge in [-0.1, -0.05) is 35.9 Å².